The first-order chi connectivity index (χ1) is 11.7. The molecule has 0 atom stereocenters. The Morgan fingerprint density at radius 3 is 2.75 bits per heavy atom. The molecule has 0 aliphatic carbocycles. The molecule has 3 N–H and O–H groups in total. The minimum absolute atomic E-state index is 0.358. The first-order valence-corrected chi connectivity index (χ1v) is 7.90. The third-order valence-corrected chi connectivity index (χ3v) is 3.70. The van der Waals surface area contributed by atoms with Crippen LogP contribution in [0.3, 0.4) is 0 Å². The van der Waals surface area contributed by atoms with E-state index >= 15 is 0 Å². The van der Waals surface area contributed by atoms with Gasteiger partial charge in [-0.1, -0.05) is 41.9 Å². The Labute approximate surface area is 148 Å². The van der Waals surface area contributed by atoms with E-state index in [0.717, 1.165) is 11.1 Å². The number of rotatable bonds is 6. The molecule has 0 saturated heterocycles. The molecule has 2 aromatic carbocycles. The number of hydrogen-bond acceptors (Lipinski definition) is 5. The standard InChI is InChI=1S/C16H14ClN5OS/c17-13-7-3-1-6-12(13)10-23-14-8-4-2-5-11(14)9-18-20-15-19-16(24)22-21-15/h1-9H,10H2,(H3,19,20,21,22,24). The van der Waals surface area contributed by atoms with Gasteiger partial charge in [0.2, 0.25) is 10.7 Å². The van der Waals surface area contributed by atoms with Crippen LogP contribution in [0.1, 0.15) is 11.1 Å². The van der Waals surface area contributed by atoms with E-state index in [-0.39, 0.29) is 0 Å². The van der Waals surface area contributed by atoms with Gasteiger partial charge in [-0.25, -0.2) is 5.43 Å². The van der Waals surface area contributed by atoms with Gasteiger partial charge in [0, 0.05) is 16.1 Å². The molecule has 0 saturated carbocycles. The summed E-state index contributed by atoms with van der Waals surface area (Å²) in [6.45, 7) is 0.379. The van der Waals surface area contributed by atoms with Crippen molar-refractivity contribution in [3.8, 4) is 5.75 Å². The third-order valence-electron chi connectivity index (χ3n) is 3.14. The molecule has 0 fully saturated rings. The lowest BCUT2D eigenvalue weighted by molar-refractivity contribution is 0.306. The number of benzene rings is 2. The van der Waals surface area contributed by atoms with Crippen molar-refractivity contribution >= 4 is 36.0 Å². The van der Waals surface area contributed by atoms with Gasteiger partial charge in [-0.2, -0.15) is 10.1 Å². The normalized spacial score (nSPS) is 10.9. The highest BCUT2D eigenvalue weighted by Gasteiger charge is 2.04. The number of ether oxygens (including phenoxy) is 1. The van der Waals surface area contributed by atoms with Crippen LogP contribution in [0.2, 0.25) is 5.02 Å². The number of nitrogens with zero attached hydrogens (tertiary/aromatic N) is 2. The van der Waals surface area contributed by atoms with Crippen LogP contribution in [-0.4, -0.2) is 21.4 Å². The average Bonchev–Trinajstić information content (AvgIpc) is 3.00. The number of hydrazone groups is 1. The zero-order valence-corrected chi connectivity index (χ0v) is 14.1. The smallest absolute Gasteiger partial charge is 0.238 e. The van der Waals surface area contributed by atoms with E-state index in [9.17, 15) is 0 Å². The van der Waals surface area contributed by atoms with Crippen molar-refractivity contribution in [3.05, 3.63) is 69.5 Å². The predicted molar refractivity (Wildman–Crippen MR) is 97.2 cm³/mol. The lowest BCUT2D eigenvalue weighted by Gasteiger charge is -2.10. The van der Waals surface area contributed by atoms with Crippen LogP contribution in [0, 0.1) is 4.77 Å². The maximum atomic E-state index is 6.15. The molecule has 0 bridgehead atoms. The Morgan fingerprint density at radius 1 is 1.17 bits per heavy atom. The molecule has 0 aliphatic rings. The van der Waals surface area contributed by atoms with Crippen molar-refractivity contribution in [2.24, 2.45) is 5.10 Å². The Kier molecular flexibility index (Phi) is 5.25. The zero-order chi connectivity index (χ0) is 16.8. The number of aromatic nitrogens is 3. The number of hydrogen-bond donors (Lipinski definition) is 3. The minimum atomic E-state index is 0.358. The van der Waals surface area contributed by atoms with E-state index < -0.39 is 0 Å². The van der Waals surface area contributed by atoms with E-state index in [4.69, 9.17) is 28.6 Å². The van der Waals surface area contributed by atoms with Gasteiger partial charge in [0.15, 0.2) is 0 Å². The van der Waals surface area contributed by atoms with Gasteiger partial charge in [0.1, 0.15) is 12.4 Å². The molecule has 0 unspecified atom stereocenters. The fourth-order valence-electron chi connectivity index (χ4n) is 1.98. The Bertz CT molecular complexity index is 905. The van der Waals surface area contributed by atoms with Gasteiger partial charge < -0.3 is 4.74 Å². The minimum Gasteiger partial charge on any atom is -0.488 e. The Balaban J connectivity index is 1.68. The molecule has 6 nitrogen and oxygen atoms in total. The first-order valence-electron chi connectivity index (χ1n) is 7.11. The Hall–Kier alpha value is -2.64. The maximum absolute atomic E-state index is 6.15. The Morgan fingerprint density at radius 2 is 1.96 bits per heavy atom. The summed E-state index contributed by atoms with van der Waals surface area (Å²) in [5.41, 5.74) is 4.50. The van der Waals surface area contributed by atoms with Crippen molar-refractivity contribution < 1.29 is 4.74 Å². The topological polar surface area (TPSA) is 78.1 Å². The summed E-state index contributed by atoms with van der Waals surface area (Å²) >= 11 is 11.0. The molecule has 1 aromatic heterocycles. The molecule has 0 radical (unpaired) electrons. The van der Waals surface area contributed by atoms with Gasteiger partial charge in [0.05, 0.1) is 6.21 Å². The van der Waals surface area contributed by atoms with Crippen molar-refractivity contribution in [3.63, 3.8) is 0 Å². The second-order valence-electron chi connectivity index (χ2n) is 4.80. The largest absolute Gasteiger partial charge is 0.488 e. The maximum Gasteiger partial charge on any atom is 0.238 e. The lowest BCUT2D eigenvalue weighted by atomic mass is 10.2. The molecule has 122 valence electrons. The van der Waals surface area contributed by atoms with E-state index in [1.807, 2.05) is 48.5 Å². The molecule has 0 amide bonds. The summed E-state index contributed by atoms with van der Waals surface area (Å²) in [5, 5.41) is 10.2. The molecular weight excluding hydrogens is 346 g/mol. The molecule has 0 spiro atoms. The van der Waals surface area contributed by atoms with E-state index in [1.165, 1.54) is 0 Å². The predicted octanol–water partition coefficient (Wildman–Crippen LogP) is 4.15. The summed E-state index contributed by atoms with van der Waals surface area (Å²) in [4.78, 5) is 3.98. The number of H-pyrrole nitrogens is 2. The van der Waals surface area contributed by atoms with Gasteiger partial charge in [-0.3, -0.25) is 10.2 Å². The molecule has 1 heterocycles. The molecule has 3 aromatic rings. The molecule has 8 heteroatoms. The van der Waals surface area contributed by atoms with Crippen molar-refractivity contribution in [2.45, 2.75) is 6.61 Å². The second-order valence-corrected chi connectivity index (χ2v) is 5.60. The van der Waals surface area contributed by atoms with E-state index in [1.54, 1.807) is 6.21 Å². The van der Waals surface area contributed by atoms with Crippen molar-refractivity contribution in [1.82, 2.24) is 15.2 Å². The van der Waals surface area contributed by atoms with Crippen LogP contribution < -0.4 is 10.2 Å². The van der Waals surface area contributed by atoms with Crippen LogP contribution in [0.5, 0.6) is 5.75 Å². The number of nitrogens with one attached hydrogen (secondary N) is 3. The quantitative estimate of drug-likeness (QED) is 0.351. The fraction of sp³-hybridized carbons (Fsp3) is 0.0625. The molecular formula is C16H14ClN5OS. The van der Waals surface area contributed by atoms with E-state index in [2.05, 4.69) is 25.7 Å². The fourth-order valence-corrected chi connectivity index (χ4v) is 2.31. The number of anilines is 1. The number of aromatic amines is 2. The average molecular weight is 360 g/mol. The van der Waals surface area contributed by atoms with Gasteiger partial charge in [-0.05, 0) is 30.4 Å². The van der Waals surface area contributed by atoms with Gasteiger partial charge >= 0.3 is 0 Å². The highest BCUT2D eigenvalue weighted by Crippen LogP contribution is 2.20. The summed E-state index contributed by atoms with van der Waals surface area (Å²) in [5.74, 6) is 1.14. The van der Waals surface area contributed by atoms with Crippen LogP contribution in [-0.2, 0) is 6.61 Å². The van der Waals surface area contributed by atoms with Crippen molar-refractivity contribution in [2.75, 3.05) is 5.43 Å². The summed E-state index contributed by atoms with van der Waals surface area (Å²) in [6.07, 6.45) is 1.65. The monoisotopic (exact) mass is 359 g/mol. The van der Waals surface area contributed by atoms with Crippen molar-refractivity contribution in [1.29, 1.82) is 0 Å². The summed E-state index contributed by atoms with van der Waals surface area (Å²) in [6, 6.07) is 15.2. The van der Waals surface area contributed by atoms with Crippen LogP contribution >= 0.6 is 23.8 Å². The SMILES string of the molecule is S=c1nc(NN=Cc2ccccc2OCc2ccccc2Cl)[nH][nH]1. The lowest BCUT2D eigenvalue weighted by Crippen LogP contribution is -2.00. The second kappa shape index (κ2) is 7.76. The first kappa shape index (κ1) is 16.2. The van der Waals surface area contributed by atoms with Crippen LogP contribution in [0.25, 0.3) is 0 Å². The summed E-state index contributed by atoms with van der Waals surface area (Å²) in [7, 11) is 0. The third kappa shape index (κ3) is 4.21. The van der Waals surface area contributed by atoms with Gasteiger partial charge in [0.25, 0.3) is 0 Å². The summed E-state index contributed by atoms with van der Waals surface area (Å²) < 4.78 is 6.22. The highest BCUT2D eigenvalue weighted by molar-refractivity contribution is 7.71. The van der Waals surface area contributed by atoms with E-state index in [0.29, 0.717) is 28.1 Å². The van der Waals surface area contributed by atoms with Crippen LogP contribution in [0.4, 0.5) is 5.95 Å². The molecule has 24 heavy (non-hydrogen) atoms. The molecule has 3 rings (SSSR count). The molecule has 0 aliphatic heterocycles. The highest BCUT2D eigenvalue weighted by atomic mass is 35.5. The number of para-hydroxylation sites is 1. The zero-order valence-electron chi connectivity index (χ0n) is 12.5. The van der Waals surface area contributed by atoms with Crippen LogP contribution in [0.15, 0.2) is 53.6 Å². The van der Waals surface area contributed by atoms with Gasteiger partial charge in [-0.15, -0.1) is 0 Å². The number of halogens is 1.